The number of rotatable bonds is 3. The molecule has 0 aliphatic carbocycles. The molecular formula is C18H24ClNO4. The summed E-state index contributed by atoms with van der Waals surface area (Å²) in [7, 11) is 1.26. The minimum Gasteiger partial charge on any atom is -0.467 e. The van der Waals surface area contributed by atoms with Crippen LogP contribution >= 0.6 is 12.4 Å². The summed E-state index contributed by atoms with van der Waals surface area (Å²) >= 11 is 0. The van der Waals surface area contributed by atoms with Gasteiger partial charge >= 0.3 is 12.1 Å². The molecule has 6 heteroatoms. The van der Waals surface area contributed by atoms with Gasteiger partial charge in [0, 0.05) is 12.0 Å². The summed E-state index contributed by atoms with van der Waals surface area (Å²) in [6.45, 7) is 7.20. The zero-order chi connectivity index (χ0) is 17.5. The van der Waals surface area contributed by atoms with Gasteiger partial charge in [-0.05, 0) is 39.3 Å². The number of hydrogen-bond acceptors (Lipinski definition) is 4. The lowest BCUT2D eigenvalue weighted by molar-refractivity contribution is -0.143. The lowest BCUT2D eigenvalue weighted by Gasteiger charge is -2.21. The normalized spacial score (nSPS) is 11.2. The van der Waals surface area contributed by atoms with Crippen molar-refractivity contribution in [1.82, 2.24) is 5.32 Å². The van der Waals surface area contributed by atoms with E-state index in [4.69, 9.17) is 9.47 Å². The van der Waals surface area contributed by atoms with E-state index in [-0.39, 0.29) is 18.8 Å². The summed E-state index contributed by atoms with van der Waals surface area (Å²) in [6.07, 6.45) is -0.536. The second-order valence-electron chi connectivity index (χ2n) is 6.04. The fourth-order valence-corrected chi connectivity index (χ4v) is 1.75. The summed E-state index contributed by atoms with van der Waals surface area (Å²) in [4.78, 5) is 23.5. The molecule has 1 rings (SSSR count). The molecule has 0 radical (unpaired) electrons. The Morgan fingerprint density at radius 1 is 1.25 bits per heavy atom. The summed E-state index contributed by atoms with van der Waals surface area (Å²) in [5.41, 5.74) is 1.29. The Morgan fingerprint density at radius 3 is 2.42 bits per heavy atom. The summed E-state index contributed by atoms with van der Waals surface area (Å²) in [5.74, 6) is 5.34. The molecule has 1 aromatic rings. The highest BCUT2D eigenvalue weighted by Crippen LogP contribution is 2.08. The van der Waals surface area contributed by atoms with E-state index in [2.05, 4.69) is 17.2 Å². The van der Waals surface area contributed by atoms with E-state index in [1.54, 1.807) is 20.8 Å². The molecule has 0 aromatic heterocycles. The molecule has 0 saturated heterocycles. The number of alkyl carbamates (subject to hydrolysis) is 1. The first-order valence-electron chi connectivity index (χ1n) is 7.35. The molecule has 0 bridgehead atoms. The van der Waals surface area contributed by atoms with Gasteiger partial charge in [0.15, 0.2) is 0 Å². The van der Waals surface area contributed by atoms with Gasteiger partial charge in [-0.1, -0.05) is 30.0 Å². The minimum absolute atomic E-state index is 0. The fraction of sp³-hybridized carbons (Fsp3) is 0.444. The number of hydrogen-bond donors (Lipinski definition) is 1. The first kappa shape index (κ1) is 21.8. The van der Waals surface area contributed by atoms with Crippen molar-refractivity contribution in [3.63, 3.8) is 0 Å². The number of carbonyl (C=O) groups is 2. The topological polar surface area (TPSA) is 64.6 Å². The van der Waals surface area contributed by atoms with Crippen molar-refractivity contribution in [2.75, 3.05) is 7.11 Å². The maximum atomic E-state index is 11.8. The third kappa shape index (κ3) is 7.89. The van der Waals surface area contributed by atoms with Crippen molar-refractivity contribution >= 4 is 24.5 Å². The van der Waals surface area contributed by atoms with Crippen molar-refractivity contribution in [2.45, 2.75) is 45.8 Å². The Balaban J connectivity index is 0.00000529. The van der Waals surface area contributed by atoms with Crippen LogP contribution in [0, 0.1) is 18.8 Å². The van der Waals surface area contributed by atoms with Crippen LogP contribution in [0.3, 0.4) is 0 Å². The SMILES string of the molecule is COC(=O)[C@H](CC#Cc1ccccc1C)NC(=O)OC(C)(C)C.Cl. The lowest BCUT2D eigenvalue weighted by Crippen LogP contribution is -2.43. The second-order valence-corrected chi connectivity index (χ2v) is 6.04. The number of benzene rings is 1. The van der Waals surface area contributed by atoms with Gasteiger partial charge in [-0.25, -0.2) is 9.59 Å². The number of nitrogens with one attached hydrogen (secondary N) is 1. The molecule has 5 nitrogen and oxygen atoms in total. The average molecular weight is 354 g/mol. The molecule has 1 atom stereocenters. The molecule has 0 spiro atoms. The van der Waals surface area contributed by atoms with Crippen LogP contribution < -0.4 is 5.32 Å². The number of carbonyl (C=O) groups excluding carboxylic acids is 2. The third-order valence-electron chi connectivity index (χ3n) is 2.85. The van der Waals surface area contributed by atoms with E-state index in [0.29, 0.717) is 0 Å². The van der Waals surface area contributed by atoms with Gasteiger partial charge in [-0.15, -0.1) is 12.4 Å². The van der Waals surface area contributed by atoms with E-state index in [1.807, 2.05) is 31.2 Å². The van der Waals surface area contributed by atoms with Gasteiger partial charge in [-0.3, -0.25) is 0 Å². The van der Waals surface area contributed by atoms with E-state index in [0.717, 1.165) is 11.1 Å². The van der Waals surface area contributed by atoms with Crippen LogP contribution in [-0.4, -0.2) is 30.8 Å². The highest BCUT2D eigenvalue weighted by molar-refractivity contribution is 5.85. The molecular weight excluding hydrogens is 330 g/mol. The largest absolute Gasteiger partial charge is 0.467 e. The van der Waals surface area contributed by atoms with Crippen LogP contribution in [0.1, 0.15) is 38.3 Å². The van der Waals surface area contributed by atoms with Gasteiger partial charge in [0.2, 0.25) is 0 Å². The molecule has 1 amide bonds. The molecule has 0 saturated carbocycles. The zero-order valence-electron chi connectivity index (χ0n) is 14.6. The number of methoxy groups -OCH3 is 1. The molecule has 0 aliphatic heterocycles. The van der Waals surface area contributed by atoms with Crippen LogP contribution in [0.15, 0.2) is 24.3 Å². The maximum absolute atomic E-state index is 11.8. The van der Waals surface area contributed by atoms with Gasteiger partial charge in [0.1, 0.15) is 11.6 Å². The van der Waals surface area contributed by atoms with Crippen molar-refractivity contribution < 1.29 is 19.1 Å². The quantitative estimate of drug-likeness (QED) is 0.669. The highest BCUT2D eigenvalue weighted by Gasteiger charge is 2.24. The number of esters is 1. The molecule has 132 valence electrons. The van der Waals surface area contributed by atoms with Gasteiger partial charge in [0.05, 0.1) is 7.11 Å². The molecule has 0 fully saturated rings. The van der Waals surface area contributed by atoms with Gasteiger partial charge in [0.25, 0.3) is 0 Å². The molecule has 1 aromatic carbocycles. The summed E-state index contributed by atoms with van der Waals surface area (Å²) in [5, 5.41) is 2.49. The number of halogens is 1. The summed E-state index contributed by atoms with van der Waals surface area (Å²) < 4.78 is 9.83. The third-order valence-corrected chi connectivity index (χ3v) is 2.85. The molecule has 24 heavy (non-hydrogen) atoms. The van der Waals surface area contributed by atoms with E-state index in [1.165, 1.54) is 7.11 Å². The van der Waals surface area contributed by atoms with Gasteiger partial charge in [-0.2, -0.15) is 0 Å². The maximum Gasteiger partial charge on any atom is 0.408 e. The number of aryl methyl sites for hydroxylation is 1. The Bertz CT molecular complexity index is 626. The Hall–Kier alpha value is -2.19. The Kier molecular flexibility index (Phi) is 8.94. The standard InChI is InChI=1S/C18H23NO4.ClH/c1-13-9-6-7-10-14(13)11-8-12-15(16(20)22-5)19-17(21)23-18(2,3)4;/h6-7,9-10,15H,12H2,1-5H3,(H,19,21);1H/t15-;/m0./s1. The van der Waals surface area contributed by atoms with Crippen molar-refractivity contribution in [2.24, 2.45) is 0 Å². The van der Waals surface area contributed by atoms with Crippen LogP contribution in [0.4, 0.5) is 4.79 Å². The number of amides is 1. The lowest BCUT2D eigenvalue weighted by atomic mass is 10.1. The van der Waals surface area contributed by atoms with Crippen molar-refractivity contribution in [3.8, 4) is 11.8 Å². The molecule has 1 N–H and O–H groups in total. The second kappa shape index (κ2) is 9.84. The highest BCUT2D eigenvalue weighted by atomic mass is 35.5. The monoisotopic (exact) mass is 353 g/mol. The van der Waals surface area contributed by atoms with Gasteiger partial charge < -0.3 is 14.8 Å². The van der Waals surface area contributed by atoms with E-state index >= 15 is 0 Å². The van der Waals surface area contributed by atoms with Crippen LogP contribution in [0.2, 0.25) is 0 Å². The van der Waals surface area contributed by atoms with Crippen LogP contribution in [0.5, 0.6) is 0 Å². The average Bonchev–Trinajstić information content (AvgIpc) is 2.45. The smallest absolute Gasteiger partial charge is 0.408 e. The van der Waals surface area contributed by atoms with Crippen molar-refractivity contribution in [3.05, 3.63) is 35.4 Å². The van der Waals surface area contributed by atoms with E-state index < -0.39 is 23.7 Å². The summed E-state index contributed by atoms with van der Waals surface area (Å²) in [6, 6.07) is 6.82. The molecule has 0 aliphatic rings. The van der Waals surface area contributed by atoms with Crippen LogP contribution in [-0.2, 0) is 14.3 Å². The zero-order valence-corrected chi connectivity index (χ0v) is 15.5. The first-order valence-corrected chi connectivity index (χ1v) is 7.35. The van der Waals surface area contributed by atoms with Crippen molar-refractivity contribution in [1.29, 1.82) is 0 Å². The predicted octanol–water partition coefficient (Wildman–Crippen LogP) is 3.22. The fourth-order valence-electron chi connectivity index (χ4n) is 1.75. The number of ether oxygens (including phenoxy) is 2. The Labute approximate surface area is 149 Å². The minimum atomic E-state index is -0.869. The van der Waals surface area contributed by atoms with Crippen LogP contribution in [0.25, 0.3) is 0 Å². The predicted molar refractivity (Wildman–Crippen MR) is 95.1 cm³/mol. The Morgan fingerprint density at radius 2 is 1.88 bits per heavy atom. The first-order chi connectivity index (χ1) is 10.7. The molecule has 0 unspecified atom stereocenters. The van der Waals surface area contributed by atoms with E-state index in [9.17, 15) is 9.59 Å². The molecule has 0 heterocycles.